The summed E-state index contributed by atoms with van der Waals surface area (Å²) in [5.41, 5.74) is 0.600. The van der Waals surface area contributed by atoms with E-state index < -0.39 is 5.82 Å². The molecule has 1 aliphatic rings. The predicted molar refractivity (Wildman–Crippen MR) is 43.9 cm³/mol. The van der Waals surface area contributed by atoms with Crippen LogP contribution in [0.4, 0.5) is 10.1 Å². The van der Waals surface area contributed by atoms with Gasteiger partial charge in [-0.25, -0.2) is 4.39 Å². The van der Waals surface area contributed by atoms with Gasteiger partial charge in [-0.15, -0.1) is 0 Å². The molecule has 1 heterocycles. The molecule has 2 nitrogen and oxygen atoms in total. The molecule has 12 heavy (non-hydrogen) atoms. The molecule has 0 saturated carbocycles. The standard InChI is InChI=1S/C8H3ClFNO/c9-6-2-4(10)1-5-7(12)3-11-8(5)6/h1-3H. The normalized spacial score (nSPS) is 13.7. The number of carbonyl (C=O) groups is 1. The van der Waals surface area contributed by atoms with E-state index in [1.165, 1.54) is 0 Å². The van der Waals surface area contributed by atoms with Gasteiger partial charge in [0.15, 0.2) is 0 Å². The van der Waals surface area contributed by atoms with Crippen LogP contribution < -0.4 is 0 Å². The first-order chi connectivity index (χ1) is 5.68. The number of Topliss-reactive ketones (excluding diaryl/α,β-unsaturated/α-hetero) is 1. The summed E-state index contributed by atoms with van der Waals surface area (Å²) < 4.78 is 12.7. The molecule has 0 aliphatic carbocycles. The Morgan fingerprint density at radius 2 is 2.17 bits per heavy atom. The molecule has 0 spiro atoms. The van der Waals surface area contributed by atoms with Gasteiger partial charge in [0.2, 0.25) is 5.78 Å². The quantitative estimate of drug-likeness (QED) is 0.607. The molecule has 0 aromatic heterocycles. The Bertz CT molecular complexity index is 400. The van der Waals surface area contributed by atoms with E-state index in [1.807, 2.05) is 0 Å². The number of halogens is 2. The second kappa shape index (κ2) is 2.38. The van der Waals surface area contributed by atoms with Gasteiger partial charge in [-0.2, -0.15) is 0 Å². The summed E-state index contributed by atoms with van der Waals surface area (Å²) in [7, 11) is 0. The van der Waals surface area contributed by atoms with Gasteiger partial charge in [-0.3, -0.25) is 9.79 Å². The van der Waals surface area contributed by atoms with E-state index in [0.717, 1.165) is 18.3 Å². The minimum atomic E-state index is -0.516. The number of carbonyl (C=O) groups excluding carboxylic acids is 1. The van der Waals surface area contributed by atoms with Crippen LogP contribution in [0.3, 0.4) is 0 Å². The number of ketones is 1. The van der Waals surface area contributed by atoms with Crippen LogP contribution in [-0.2, 0) is 0 Å². The third kappa shape index (κ3) is 0.940. The van der Waals surface area contributed by atoms with Crippen molar-refractivity contribution >= 4 is 29.3 Å². The summed E-state index contributed by atoms with van der Waals surface area (Å²) in [5, 5.41) is 0.173. The number of hydrogen-bond donors (Lipinski definition) is 0. The highest BCUT2D eigenvalue weighted by Crippen LogP contribution is 2.33. The van der Waals surface area contributed by atoms with Crippen LogP contribution in [0, 0.1) is 5.82 Å². The van der Waals surface area contributed by atoms with E-state index in [-0.39, 0.29) is 16.4 Å². The molecule has 2 rings (SSSR count). The fourth-order valence-corrected chi connectivity index (χ4v) is 1.33. The van der Waals surface area contributed by atoms with Crippen molar-refractivity contribution in [3.63, 3.8) is 0 Å². The zero-order valence-electron chi connectivity index (χ0n) is 5.84. The van der Waals surface area contributed by atoms with Crippen molar-refractivity contribution in [2.75, 3.05) is 0 Å². The van der Waals surface area contributed by atoms with Gasteiger partial charge in [0.1, 0.15) is 5.82 Å². The van der Waals surface area contributed by atoms with Crippen molar-refractivity contribution in [3.05, 3.63) is 28.5 Å². The van der Waals surface area contributed by atoms with Gasteiger partial charge >= 0.3 is 0 Å². The molecule has 4 heteroatoms. The highest BCUT2D eigenvalue weighted by Gasteiger charge is 2.19. The summed E-state index contributed by atoms with van der Waals surface area (Å²) in [4.78, 5) is 14.7. The average Bonchev–Trinajstić information content (AvgIpc) is 2.33. The smallest absolute Gasteiger partial charge is 0.206 e. The van der Waals surface area contributed by atoms with Gasteiger partial charge in [-0.1, -0.05) is 11.6 Å². The lowest BCUT2D eigenvalue weighted by molar-refractivity contribution is 0.107. The van der Waals surface area contributed by atoms with Gasteiger partial charge in [-0.05, 0) is 12.1 Å². The van der Waals surface area contributed by atoms with Crippen molar-refractivity contribution in [2.45, 2.75) is 0 Å². The molecule has 0 unspecified atom stereocenters. The molecule has 60 valence electrons. The van der Waals surface area contributed by atoms with Crippen molar-refractivity contribution in [2.24, 2.45) is 4.99 Å². The second-order valence-electron chi connectivity index (χ2n) is 2.41. The lowest BCUT2D eigenvalue weighted by atomic mass is 10.1. The third-order valence-corrected chi connectivity index (χ3v) is 1.89. The molecule has 0 radical (unpaired) electrons. The van der Waals surface area contributed by atoms with E-state index in [1.54, 1.807) is 0 Å². The molecule has 0 saturated heterocycles. The first-order valence-corrected chi connectivity index (χ1v) is 3.64. The third-order valence-electron chi connectivity index (χ3n) is 1.60. The van der Waals surface area contributed by atoms with Gasteiger partial charge in [0.05, 0.1) is 22.5 Å². The number of fused-ring (bicyclic) bond motifs is 1. The minimum absolute atomic E-state index is 0.173. The maximum Gasteiger partial charge on any atom is 0.206 e. The maximum absolute atomic E-state index is 12.7. The fourth-order valence-electron chi connectivity index (χ4n) is 1.08. The lowest BCUT2D eigenvalue weighted by Crippen LogP contribution is -1.94. The predicted octanol–water partition coefficient (Wildman–Crippen LogP) is 2.38. The number of nitrogens with zero attached hydrogens (tertiary/aromatic N) is 1. The Morgan fingerprint density at radius 3 is 2.92 bits per heavy atom. The summed E-state index contributed by atoms with van der Waals surface area (Å²) in [6.45, 7) is 0. The van der Waals surface area contributed by atoms with Crippen LogP contribution in [0.1, 0.15) is 10.4 Å². The van der Waals surface area contributed by atoms with Crippen molar-refractivity contribution in [1.29, 1.82) is 0 Å². The molecule has 1 aliphatic heterocycles. The highest BCUT2D eigenvalue weighted by molar-refractivity contribution is 6.43. The van der Waals surface area contributed by atoms with Crippen LogP contribution in [0.25, 0.3) is 0 Å². The minimum Gasteiger partial charge on any atom is -0.287 e. The molecule has 0 fully saturated rings. The van der Waals surface area contributed by atoms with Crippen LogP contribution in [0.5, 0.6) is 0 Å². The Hall–Kier alpha value is -1.22. The Kier molecular flexibility index (Phi) is 1.48. The fraction of sp³-hybridized carbons (Fsp3) is 0. The Balaban J connectivity index is 2.74. The van der Waals surface area contributed by atoms with Crippen molar-refractivity contribution < 1.29 is 9.18 Å². The summed E-state index contributed by atoms with van der Waals surface area (Å²) >= 11 is 5.63. The van der Waals surface area contributed by atoms with E-state index in [2.05, 4.69) is 4.99 Å². The zero-order valence-corrected chi connectivity index (χ0v) is 6.60. The zero-order chi connectivity index (χ0) is 8.72. The summed E-state index contributed by atoms with van der Waals surface area (Å²) in [6.07, 6.45) is 1.13. The maximum atomic E-state index is 12.7. The molecule has 0 bridgehead atoms. The second-order valence-corrected chi connectivity index (χ2v) is 2.81. The van der Waals surface area contributed by atoms with Crippen molar-refractivity contribution in [1.82, 2.24) is 0 Å². The van der Waals surface area contributed by atoms with Gasteiger partial charge < -0.3 is 0 Å². The SMILES string of the molecule is O=C1C=Nc2c(Cl)cc(F)cc21. The van der Waals surface area contributed by atoms with E-state index in [0.29, 0.717) is 5.69 Å². The topological polar surface area (TPSA) is 29.4 Å². The van der Waals surface area contributed by atoms with Crippen LogP contribution >= 0.6 is 11.6 Å². The molecule has 1 aromatic rings. The molecular weight excluding hydrogens is 181 g/mol. The Labute approximate surface area is 72.7 Å². The van der Waals surface area contributed by atoms with E-state index in [4.69, 9.17) is 11.6 Å². The molecule has 0 N–H and O–H groups in total. The van der Waals surface area contributed by atoms with Crippen LogP contribution in [0.15, 0.2) is 17.1 Å². The number of hydrogen-bond acceptors (Lipinski definition) is 2. The summed E-state index contributed by atoms with van der Waals surface area (Å²) in [6, 6.07) is 2.27. The van der Waals surface area contributed by atoms with Gasteiger partial charge in [0, 0.05) is 0 Å². The first kappa shape index (κ1) is 7.43. The van der Waals surface area contributed by atoms with E-state index >= 15 is 0 Å². The lowest BCUT2D eigenvalue weighted by Gasteiger charge is -1.97. The monoisotopic (exact) mass is 183 g/mol. The number of aliphatic imine (C=N–C) groups is 1. The van der Waals surface area contributed by atoms with Crippen LogP contribution in [-0.4, -0.2) is 12.0 Å². The van der Waals surface area contributed by atoms with Crippen molar-refractivity contribution in [3.8, 4) is 0 Å². The molecule has 1 aromatic carbocycles. The Morgan fingerprint density at radius 1 is 1.42 bits per heavy atom. The number of benzene rings is 1. The highest BCUT2D eigenvalue weighted by atomic mass is 35.5. The van der Waals surface area contributed by atoms with Crippen LogP contribution in [0.2, 0.25) is 5.02 Å². The van der Waals surface area contributed by atoms with E-state index in [9.17, 15) is 9.18 Å². The molecule has 0 atom stereocenters. The molecule has 0 amide bonds. The average molecular weight is 184 g/mol. The first-order valence-electron chi connectivity index (χ1n) is 3.26. The number of rotatable bonds is 0. The summed E-state index contributed by atoms with van der Waals surface area (Å²) in [5.74, 6) is -0.816. The largest absolute Gasteiger partial charge is 0.287 e. The molecular formula is C8H3ClFNO. The van der Waals surface area contributed by atoms with Gasteiger partial charge in [0.25, 0.3) is 0 Å².